The summed E-state index contributed by atoms with van der Waals surface area (Å²) in [6.45, 7) is 3.96. The van der Waals surface area contributed by atoms with Crippen LogP contribution < -0.4 is 4.90 Å². The number of rotatable bonds is 4. The molecule has 24 heavy (non-hydrogen) atoms. The minimum Gasteiger partial charge on any atom is -0.464 e. The number of carbonyl (C=O) groups is 1. The van der Waals surface area contributed by atoms with Crippen molar-refractivity contribution in [3.05, 3.63) is 28.8 Å². The molecule has 0 spiro atoms. The van der Waals surface area contributed by atoms with Gasteiger partial charge in [-0.1, -0.05) is 25.4 Å². The number of nitrogens with zero attached hydrogens (tertiary/aromatic N) is 1. The molecule has 8 heteroatoms. The van der Waals surface area contributed by atoms with Crippen molar-refractivity contribution in [1.29, 1.82) is 0 Å². The fourth-order valence-electron chi connectivity index (χ4n) is 2.61. The van der Waals surface area contributed by atoms with E-state index in [4.69, 9.17) is 16.3 Å². The van der Waals surface area contributed by atoms with Crippen molar-refractivity contribution in [2.45, 2.75) is 45.1 Å². The van der Waals surface area contributed by atoms with Crippen molar-refractivity contribution in [1.82, 2.24) is 0 Å². The van der Waals surface area contributed by atoms with E-state index in [1.807, 2.05) is 13.8 Å². The van der Waals surface area contributed by atoms with Crippen molar-refractivity contribution in [2.75, 3.05) is 11.5 Å². The van der Waals surface area contributed by atoms with Crippen molar-refractivity contribution in [3.8, 4) is 0 Å². The number of anilines is 1. The van der Waals surface area contributed by atoms with Crippen molar-refractivity contribution < 1.29 is 27.8 Å². The third-order valence-corrected chi connectivity index (χ3v) is 3.91. The van der Waals surface area contributed by atoms with Gasteiger partial charge in [0.05, 0.1) is 12.2 Å². The molecule has 1 aliphatic heterocycles. The normalized spacial score (nSPS) is 21.4. The Morgan fingerprint density at radius 2 is 2.04 bits per heavy atom. The van der Waals surface area contributed by atoms with E-state index in [-0.39, 0.29) is 29.7 Å². The number of benzene rings is 1. The van der Waals surface area contributed by atoms with E-state index in [9.17, 15) is 23.1 Å². The first kappa shape index (κ1) is 18.9. The number of halogens is 4. The van der Waals surface area contributed by atoms with Crippen LogP contribution in [0.5, 0.6) is 0 Å². The molecule has 1 heterocycles. The van der Waals surface area contributed by atoms with E-state index in [0.29, 0.717) is 6.42 Å². The lowest BCUT2D eigenvalue weighted by atomic mass is 10.1. The van der Waals surface area contributed by atoms with Gasteiger partial charge < -0.3 is 14.7 Å². The van der Waals surface area contributed by atoms with E-state index in [0.717, 1.165) is 12.1 Å². The average molecular weight is 366 g/mol. The molecule has 0 amide bonds. The molecule has 4 nitrogen and oxygen atoms in total. The van der Waals surface area contributed by atoms with Crippen LogP contribution in [0.25, 0.3) is 0 Å². The van der Waals surface area contributed by atoms with Crippen LogP contribution in [0.3, 0.4) is 0 Å². The molecule has 1 saturated heterocycles. The highest BCUT2D eigenvalue weighted by atomic mass is 35.5. The summed E-state index contributed by atoms with van der Waals surface area (Å²) in [7, 11) is 0. The first-order valence-corrected chi connectivity index (χ1v) is 7.98. The highest BCUT2D eigenvalue weighted by Gasteiger charge is 2.39. The van der Waals surface area contributed by atoms with E-state index < -0.39 is 30.0 Å². The molecule has 134 valence electrons. The maximum atomic E-state index is 13.0. The zero-order valence-corrected chi connectivity index (χ0v) is 14.1. The Bertz CT molecular complexity index is 607. The standard InChI is InChI=1S/C16H19ClF3NO3/c1-9(2)8-24-15(23)13-3-4-14(22)21(13)12-6-10(16(18,19)20)5-11(17)7-12/h5-7,9,13-14,22H,3-4,8H2,1-2H3. The number of hydrogen-bond acceptors (Lipinski definition) is 4. The molecular weight excluding hydrogens is 347 g/mol. The Hall–Kier alpha value is -1.47. The summed E-state index contributed by atoms with van der Waals surface area (Å²) in [6.07, 6.45) is -5.08. The van der Waals surface area contributed by atoms with Gasteiger partial charge in [-0.25, -0.2) is 4.79 Å². The van der Waals surface area contributed by atoms with E-state index >= 15 is 0 Å². The van der Waals surface area contributed by atoms with Crippen LogP contribution in [0, 0.1) is 5.92 Å². The van der Waals surface area contributed by atoms with Crippen LogP contribution in [0.4, 0.5) is 18.9 Å². The summed E-state index contributed by atoms with van der Waals surface area (Å²) in [5.41, 5.74) is -0.885. The average Bonchev–Trinajstić information content (AvgIpc) is 2.85. The molecular formula is C16H19ClF3NO3. The van der Waals surface area contributed by atoms with Gasteiger partial charge in [-0.3, -0.25) is 0 Å². The first-order valence-electron chi connectivity index (χ1n) is 7.60. The SMILES string of the molecule is CC(C)COC(=O)C1CCC(O)N1c1cc(Cl)cc(C(F)(F)F)c1. The Morgan fingerprint density at radius 3 is 2.62 bits per heavy atom. The second kappa shape index (κ2) is 7.19. The van der Waals surface area contributed by atoms with Crippen LogP contribution in [0.2, 0.25) is 5.02 Å². The van der Waals surface area contributed by atoms with E-state index in [2.05, 4.69) is 0 Å². The topological polar surface area (TPSA) is 49.8 Å². The van der Waals surface area contributed by atoms with Crippen LogP contribution >= 0.6 is 11.6 Å². The lowest BCUT2D eigenvalue weighted by Gasteiger charge is -2.29. The van der Waals surface area contributed by atoms with Gasteiger partial charge in [-0.05, 0) is 37.0 Å². The van der Waals surface area contributed by atoms with Crippen LogP contribution in [-0.4, -0.2) is 30.0 Å². The lowest BCUT2D eigenvalue weighted by molar-refractivity contribution is -0.146. The molecule has 1 N–H and O–H groups in total. The summed E-state index contributed by atoms with van der Waals surface area (Å²) >= 11 is 5.79. The van der Waals surface area contributed by atoms with Gasteiger partial charge in [-0.15, -0.1) is 0 Å². The second-order valence-corrected chi connectivity index (χ2v) is 6.64. The molecule has 1 aliphatic rings. The number of aliphatic hydroxyl groups excluding tert-OH is 1. The summed E-state index contributed by atoms with van der Waals surface area (Å²) in [4.78, 5) is 13.5. The van der Waals surface area contributed by atoms with Crippen molar-refractivity contribution in [2.24, 2.45) is 5.92 Å². The predicted octanol–water partition coefficient (Wildman–Crippen LogP) is 3.85. The fraction of sp³-hybridized carbons (Fsp3) is 0.562. The molecule has 0 radical (unpaired) electrons. The number of alkyl halides is 3. The molecule has 1 fully saturated rings. The van der Waals surface area contributed by atoms with Gasteiger partial charge in [0.1, 0.15) is 12.3 Å². The number of hydrogen-bond donors (Lipinski definition) is 1. The van der Waals surface area contributed by atoms with Crippen LogP contribution in [0.15, 0.2) is 18.2 Å². The van der Waals surface area contributed by atoms with Gasteiger partial charge in [0.2, 0.25) is 0 Å². The highest BCUT2D eigenvalue weighted by Crippen LogP contribution is 2.37. The maximum Gasteiger partial charge on any atom is 0.416 e. The van der Waals surface area contributed by atoms with Gasteiger partial charge in [0.15, 0.2) is 0 Å². The largest absolute Gasteiger partial charge is 0.464 e. The number of ether oxygens (including phenoxy) is 1. The fourth-order valence-corrected chi connectivity index (χ4v) is 2.84. The minimum absolute atomic E-state index is 0.0475. The third kappa shape index (κ3) is 4.33. The highest BCUT2D eigenvalue weighted by molar-refractivity contribution is 6.31. The smallest absolute Gasteiger partial charge is 0.416 e. The van der Waals surface area contributed by atoms with Gasteiger partial charge in [0.25, 0.3) is 0 Å². The monoisotopic (exact) mass is 365 g/mol. The second-order valence-electron chi connectivity index (χ2n) is 6.20. The molecule has 0 aromatic heterocycles. The number of aliphatic hydroxyl groups is 1. The summed E-state index contributed by atoms with van der Waals surface area (Å²) in [6, 6.07) is 2.15. The zero-order valence-electron chi connectivity index (χ0n) is 13.3. The molecule has 2 rings (SSSR count). The maximum absolute atomic E-state index is 13.0. The summed E-state index contributed by atoms with van der Waals surface area (Å²) in [5, 5.41) is 10.0. The molecule has 1 aromatic rings. The van der Waals surface area contributed by atoms with Crippen LogP contribution in [-0.2, 0) is 15.7 Å². The van der Waals surface area contributed by atoms with Crippen LogP contribution in [0.1, 0.15) is 32.3 Å². The number of carbonyl (C=O) groups excluding carboxylic acids is 1. The molecule has 0 bridgehead atoms. The summed E-state index contributed by atoms with van der Waals surface area (Å²) in [5.74, 6) is -0.425. The zero-order chi connectivity index (χ0) is 18.1. The lowest BCUT2D eigenvalue weighted by Crippen LogP contribution is -2.42. The van der Waals surface area contributed by atoms with Crippen molar-refractivity contribution in [3.63, 3.8) is 0 Å². The summed E-state index contributed by atoms with van der Waals surface area (Å²) < 4.78 is 44.1. The van der Waals surface area contributed by atoms with E-state index in [1.165, 1.54) is 11.0 Å². The number of esters is 1. The Labute approximate surface area is 143 Å². The van der Waals surface area contributed by atoms with Gasteiger partial charge in [-0.2, -0.15) is 13.2 Å². The molecule has 1 aromatic carbocycles. The quantitative estimate of drug-likeness (QED) is 0.823. The Kier molecular flexibility index (Phi) is 5.65. The molecule has 0 saturated carbocycles. The Morgan fingerprint density at radius 1 is 1.38 bits per heavy atom. The predicted molar refractivity (Wildman–Crippen MR) is 83.8 cm³/mol. The van der Waals surface area contributed by atoms with E-state index in [1.54, 1.807) is 0 Å². The van der Waals surface area contributed by atoms with Gasteiger partial charge in [0, 0.05) is 10.7 Å². The minimum atomic E-state index is -4.57. The molecule has 2 unspecified atom stereocenters. The van der Waals surface area contributed by atoms with Crippen molar-refractivity contribution >= 4 is 23.3 Å². The third-order valence-electron chi connectivity index (χ3n) is 3.69. The molecule has 2 atom stereocenters. The molecule has 0 aliphatic carbocycles. The first-order chi connectivity index (χ1) is 11.1. The Balaban J connectivity index is 2.30. The van der Waals surface area contributed by atoms with Gasteiger partial charge >= 0.3 is 12.1 Å².